The van der Waals surface area contributed by atoms with Gasteiger partial charge in [-0.2, -0.15) is 5.26 Å². The van der Waals surface area contributed by atoms with Crippen molar-refractivity contribution in [3.8, 4) is 6.07 Å². The van der Waals surface area contributed by atoms with Crippen molar-refractivity contribution in [3.63, 3.8) is 0 Å². The second-order valence-corrected chi connectivity index (χ2v) is 4.52. The van der Waals surface area contributed by atoms with Crippen LogP contribution in [0.1, 0.15) is 43.2 Å². The molecular weight excluding hydrogens is 194 g/mol. The first kappa shape index (κ1) is 11.0. The average Bonchev–Trinajstić information content (AvgIpc) is 2.31. The van der Waals surface area contributed by atoms with Crippen molar-refractivity contribution in [1.82, 2.24) is 0 Å². The van der Waals surface area contributed by atoms with Gasteiger partial charge in [0.05, 0.1) is 11.6 Å². The molecule has 1 aliphatic carbocycles. The fraction of sp³-hybridized carbons (Fsp3) is 0.400. The maximum Gasteiger partial charge on any atom is 0.0997 e. The molecule has 1 saturated carbocycles. The van der Waals surface area contributed by atoms with Crippen LogP contribution in [-0.4, -0.2) is 0 Å². The number of allylic oxidation sites excluding steroid dienone is 2. The van der Waals surface area contributed by atoms with Crippen LogP contribution in [0, 0.1) is 18.3 Å². The van der Waals surface area contributed by atoms with Crippen molar-refractivity contribution in [2.24, 2.45) is 0 Å². The second kappa shape index (κ2) is 4.99. The highest BCUT2D eigenvalue weighted by Crippen LogP contribution is 2.30. The molecule has 0 heterocycles. The van der Waals surface area contributed by atoms with Crippen molar-refractivity contribution in [1.29, 1.82) is 5.26 Å². The van der Waals surface area contributed by atoms with Crippen LogP contribution >= 0.6 is 0 Å². The van der Waals surface area contributed by atoms with Gasteiger partial charge in [-0.3, -0.25) is 0 Å². The molecule has 0 bridgehead atoms. The van der Waals surface area contributed by atoms with Gasteiger partial charge in [-0.1, -0.05) is 41.8 Å². The van der Waals surface area contributed by atoms with Gasteiger partial charge in [0.15, 0.2) is 0 Å². The van der Waals surface area contributed by atoms with Crippen molar-refractivity contribution < 1.29 is 0 Å². The summed E-state index contributed by atoms with van der Waals surface area (Å²) >= 11 is 0. The molecule has 1 nitrogen and oxygen atoms in total. The van der Waals surface area contributed by atoms with E-state index in [1.54, 1.807) is 0 Å². The van der Waals surface area contributed by atoms with E-state index in [4.69, 9.17) is 0 Å². The molecule has 0 atom stereocenters. The summed E-state index contributed by atoms with van der Waals surface area (Å²) in [4.78, 5) is 0. The summed E-state index contributed by atoms with van der Waals surface area (Å²) in [5.41, 5.74) is 4.60. The molecule has 0 amide bonds. The molecular formula is C15H17N. The van der Waals surface area contributed by atoms with Crippen molar-refractivity contribution in [2.45, 2.75) is 39.0 Å². The maximum atomic E-state index is 9.31. The molecule has 0 N–H and O–H groups in total. The predicted octanol–water partition coefficient (Wildman–Crippen LogP) is 4.24. The number of hydrogen-bond donors (Lipinski definition) is 0. The van der Waals surface area contributed by atoms with E-state index in [1.807, 2.05) is 12.1 Å². The number of nitrogens with zero attached hydrogens (tertiary/aromatic N) is 1. The van der Waals surface area contributed by atoms with Gasteiger partial charge in [0.2, 0.25) is 0 Å². The van der Waals surface area contributed by atoms with Crippen LogP contribution in [0.2, 0.25) is 0 Å². The van der Waals surface area contributed by atoms with Crippen molar-refractivity contribution in [2.75, 3.05) is 0 Å². The third-order valence-electron chi connectivity index (χ3n) is 3.23. The Balaban J connectivity index is 2.39. The Kier molecular flexibility index (Phi) is 3.41. The Morgan fingerprint density at radius 2 is 1.94 bits per heavy atom. The van der Waals surface area contributed by atoms with Gasteiger partial charge < -0.3 is 0 Å². The molecule has 0 unspecified atom stereocenters. The van der Waals surface area contributed by atoms with Gasteiger partial charge >= 0.3 is 0 Å². The van der Waals surface area contributed by atoms with Gasteiger partial charge in [-0.25, -0.2) is 0 Å². The molecule has 1 heteroatoms. The van der Waals surface area contributed by atoms with Crippen LogP contribution < -0.4 is 0 Å². The molecule has 16 heavy (non-hydrogen) atoms. The first-order chi connectivity index (χ1) is 7.81. The minimum absolute atomic E-state index is 0.920. The van der Waals surface area contributed by atoms with Crippen LogP contribution in [0.5, 0.6) is 0 Å². The maximum absolute atomic E-state index is 9.31. The molecule has 1 aromatic carbocycles. The summed E-state index contributed by atoms with van der Waals surface area (Å²) in [5.74, 6) is 0. The minimum Gasteiger partial charge on any atom is -0.192 e. The Hall–Kier alpha value is -1.55. The van der Waals surface area contributed by atoms with E-state index in [0.717, 1.165) is 24.0 Å². The van der Waals surface area contributed by atoms with E-state index in [-0.39, 0.29) is 0 Å². The molecule has 1 aromatic rings. The second-order valence-electron chi connectivity index (χ2n) is 4.52. The fourth-order valence-corrected chi connectivity index (χ4v) is 2.38. The Morgan fingerprint density at radius 3 is 2.56 bits per heavy atom. The Morgan fingerprint density at radius 1 is 1.19 bits per heavy atom. The highest BCUT2D eigenvalue weighted by molar-refractivity contribution is 5.79. The molecule has 0 aliphatic heterocycles. The lowest BCUT2D eigenvalue weighted by Gasteiger charge is -2.16. The zero-order valence-electron chi connectivity index (χ0n) is 9.79. The quantitative estimate of drug-likeness (QED) is 0.637. The topological polar surface area (TPSA) is 23.8 Å². The Bertz CT molecular complexity index is 441. The third-order valence-corrected chi connectivity index (χ3v) is 3.23. The van der Waals surface area contributed by atoms with E-state index in [9.17, 15) is 5.26 Å². The average molecular weight is 211 g/mol. The predicted molar refractivity (Wildman–Crippen MR) is 66.8 cm³/mol. The summed E-state index contributed by atoms with van der Waals surface area (Å²) < 4.78 is 0. The molecule has 0 spiro atoms. The van der Waals surface area contributed by atoms with E-state index < -0.39 is 0 Å². The lowest BCUT2D eigenvalue weighted by Crippen LogP contribution is -1.97. The molecule has 82 valence electrons. The molecule has 0 aromatic heterocycles. The van der Waals surface area contributed by atoms with E-state index in [1.165, 1.54) is 30.4 Å². The van der Waals surface area contributed by atoms with Crippen LogP contribution in [0.4, 0.5) is 0 Å². The van der Waals surface area contributed by atoms with E-state index >= 15 is 0 Å². The van der Waals surface area contributed by atoms with E-state index in [2.05, 4.69) is 25.1 Å². The summed E-state index contributed by atoms with van der Waals surface area (Å²) in [5, 5.41) is 9.31. The lowest BCUT2D eigenvalue weighted by molar-refractivity contribution is 0.601. The van der Waals surface area contributed by atoms with Crippen molar-refractivity contribution in [3.05, 3.63) is 41.0 Å². The SMILES string of the molecule is Cc1cccc(C(C#N)=C2CCCCC2)c1. The summed E-state index contributed by atoms with van der Waals surface area (Å²) in [6, 6.07) is 10.7. The molecule has 1 aliphatic rings. The Labute approximate surface area is 97.4 Å². The van der Waals surface area contributed by atoms with Crippen LogP contribution in [0.3, 0.4) is 0 Å². The first-order valence-corrected chi connectivity index (χ1v) is 6.00. The number of hydrogen-bond acceptors (Lipinski definition) is 1. The number of nitriles is 1. The minimum atomic E-state index is 0.920. The zero-order chi connectivity index (χ0) is 11.4. The monoisotopic (exact) mass is 211 g/mol. The zero-order valence-corrected chi connectivity index (χ0v) is 9.79. The molecule has 0 radical (unpaired) electrons. The van der Waals surface area contributed by atoms with Gasteiger partial charge in [0.1, 0.15) is 0 Å². The molecule has 0 saturated heterocycles. The largest absolute Gasteiger partial charge is 0.192 e. The number of rotatable bonds is 1. The number of aryl methyl sites for hydroxylation is 1. The van der Waals surface area contributed by atoms with Crippen LogP contribution in [0.25, 0.3) is 5.57 Å². The highest BCUT2D eigenvalue weighted by atomic mass is 14.3. The molecule has 1 fully saturated rings. The lowest BCUT2D eigenvalue weighted by atomic mass is 9.88. The smallest absolute Gasteiger partial charge is 0.0997 e. The van der Waals surface area contributed by atoms with Gasteiger partial charge in [-0.05, 0) is 38.2 Å². The summed E-state index contributed by atoms with van der Waals surface area (Å²) in [7, 11) is 0. The van der Waals surface area contributed by atoms with Gasteiger partial charge in [0, 0.05) is 0 Å². The highest BCUT2D eigenvalue weighted by Gasteiger charge is 2.12. The van der Waals surface area contributed by atoms with Gasteiger partial charge in [-0.15, -0.1) is 0 Å². The molecule has 2 rings (SSSR count). The van der Waals surface area contributed by atoms with Crippen LogP contribution in [-0.2, 0) is 0 Å². The first-order valence-electron chi connectivity index (χ1n) is 6.00. The number of benzene rings is 1. The van der Waals surface area contributed by atoms with E-state index in [0.29, 0.717) is 0 Å². The normalized spacial score (nSPS) is 15.6. The standard InChI is InChI=1S/C15H17N/c1-12-6-5-9-14(10-12)15(11-16)13-7-3-2-4-8-13/h5-6,9-10H,2-4,7-8H2,1H3. The van der Waals surface area contributed by atoms with Gasteiger partial charge in [0.25, 0.3) is 0 Å². The van der Waals surface area contributed by atoms with Crippen molar-refractivity contribution >= 4 is 5.57 Å². The summed E-state index contributed by atoms with van der Waals surface area (Å²) in [6.45, 7) is 2.07. The summed E-state index contributed by atoms with van der Waals surface area (Å²) in [6.07, 6.45) is 6.02. The fourth-order valence-electron chi connectivity index (χ4n) is 2.38. The van der Waals surface area contributed by atoms with Crippen LogP contribution in [0.15, 0.2) is 29.8 Å². The third kappa shape index (κ3) is 2.33.